The Morgan fingerprint density at radius 1 is 1.41 bits per heavy atom. The largest absolute Gasteiger partial charge is 0.398 e. The summed E-state index contributed by atoms with van der Waals surface area (Å²) in [7, 11) is 0. The minimum Gasteiger partial charge on any atom is -0.398 e. The molecule has 3 N–H and O–H groups in total. The van der Waals surface area contributed by atoms with Crippen LogP contribution in [0.5, 0.6) is 0 Å². The van der Waals surface area contributed by atoms with Crippen LogP contribution in [-0.2, 0) is 0 Å². The first kappa shape index (κ1) is 14.4. The Labute approximate surface area is 130 Å². The number of aromatic nitrogens is 2. The highest BCUT2D eigenvalue weighted by atomic mass is 15.2. The van der Waals surface area contributed by atoms with Crippen LogP contribution in [0.15, 0.2) is 54.1 Å². The van der Waals surface area contributed by atoms with Crippen LogP contribution >= 0.6 is 0 Å². The molecule has 3 rings (SSSR count). The average molecular weight is 295 g/mol. The van der Waals surface area contributed by atoms with Gasteiger partial charge in [-0.05, 0) is 31.1 Å². The van der Waals surface area contributed by atoms with E-state index in [4.69, 9.17) is 5.73 Å². The fraction of sp³-hybridized carbons (Fsp3) is 0.294. The SMILES string of the molecule is C=C(/N=C\C=C(/N)c1cnn2ccccc12)NC1CCCC1. The third kappa shape index (κ3) is 3.19. The topological polar surface area (TPSA) is 67.7 Å². The molecule has 1 saturated carbocycles. The van der Waals surface area contributed by atoms with Gasteiger partial charge in [-0.25, -0.2) is 9.51 Å². The molecule has 1 aliphatic rings. The van der Waals surface area contributed by atoms with Gasteiger partial charge in [-0.2, -0.15) is 5.10 Å². The Morgan fingerprint density at radius 2 is 2.23 bits per heavy atom. The molecule has 0 amide bonds. The van der Waals surface area contributed by atoms with Crippen LogP contribution in [0.25, 0.3) is 11.2 Å². The maximum atomic E-state index is 6.12. The van der Waals surface area contributed by atoms with Crippen LogP contribution in [0.2, 0.25) is 0 Å². The first-order valence-electron chi connectivity index (χ1n) is 7.62. The predicted octanol–water partition coefficient (Wildman–Crippen LogP) is 2.71. The summed E-state index contributed by atoms with van der Waals surface area (Å²) in [6.45, 7) is 3.93. The molecule has 1 fully saturated rings. The number of nitrogens with two attached hydrogens (primary N) is 1. The minimum atomic E-state index is 0.519. The minimum absolute atomic E-state index is 0.519. The van der Waals surface area contributed by atoms with E-state index in [9.17, 15) is 0 Å². The predicted molar refractivity (Wildman–Crippen MR) is 90.4 cm³/mol. The van der Waals surface area contributed by atoms with Crippen LogP contribution < -0.4 is 11.1 Å². The average Bonchev–Trinajstić information content (AvgIpc) is 3.16. The number of hydrogen-bond donors (Lipinski definition) is 2. The molecule has 1 aliphatic carbocycles. The van der Waals surface area contributed by atoms with Crippen LogP contribution in [0.1, 0.15) is 31.2 Å². The zero-order valence-electron chi connectivity index (χ0n) is 12.6. The first-order chi connectivity index (χ1) is 10.7. The van der Waals surface area contributed by atoms with E-state index in [0.29, 0.717) is 17.6 Å². The second kappa shape index (κ2) is 6.47. The summed E-state index contributed by atoms with van der Waals surface area (Å²) in [5.74, 6) is 0.691. The zero-order chi connectivity index (χ0) is 15.4. The molecule has 0 radical (unpaired) electrons. The Hall–Kier alpha value is -2.56. The summed E-state index contributed by atoms with van der Waals surface area (Å²) in [5.41, 5.74) is 8.64. The van der Waals surface area contributed by atoms with Crippen molar-refractivity contribution in [3.05, 3.63) is 54.6 Å². The summed E-state index contributed by atoms with van der Waals surface area (Å²) in [6.07, 6.45) is 12.1. The summed E-state index contributed by atoms with van der Waals surface area (Å²) in [5, 5.41) is 7.61. The quantitative estimate of drug-likeness (QED) is 0.833. The summed E-state index contributed by atoms with van der Waals surface area (Å²) in [6, 6.07) is 6.41. The highest BCUT2D eigenvalue weighted by Crippen LogP contribution is 2.18. The summed E-state index contributed by atoms with van der Waals surface area (Å²) in [4.78, 5) is 4.30. The number of fused-ring (bicyclic) bond motifs is 1. The van der Waals surface area contributed by atoms with Gasteiger partial charge >= 0.3 is 0 Å². The Bertz CT molecular complexity index is 719. The number of aliphatic imine (C=N–C) groups is 1. The molecular formula is C17H21N5. The molecule has 2 heterocycles. The molecule has 5 heteroatoms. The summed E-state index contributed by atoms with van der Waals surface area (Å²) >= 11 is 0. The van der Waals surface area contributed by atoms with Crippen LogP contribution in [0.3, 0.4) is 0 Å². The van der Waals surface area contributed by atoms with E-state index >= 15 is 0 Å². The van der Waals surface area contributed by atoms with Crippen LogP contribution in [-0.4, -0.2) is 21.9 Å². The second-order valence-corrected chi connectivity index (χ2v) is 5.56. The van der Waals surface area contributed by atoms with E-state index in [0.717, 1.165) is 11.1 Å². The van der Waals surface area contributed by atoms with Crippen molar-refractivity contribution in [2.75, 3.05) is 0 Å². The molecular weight excluding hydrogens is 274 g/mol. The lowest BCUT2D eigenvalue weighted by atomic mass is 10.2. The molecule has 0 unspecified atom stereocenters. The first-order valence-corrected chi connectivity index (χ1v) is 7.62. The lowest BCUT2D eigenvalue weighted by Crippen LogP contribution is -2.23. The van der Waals surface area contributed by atoms with Gasteiger partial charge in [0.2, 0.25) is 0 Å². The number of nitrogens with zero attached hydrogens (tertiary/aromatic N) is 3. The molecule has 5 nitrogen and oxygen atoms in total. The van der Waals surface area contributed by atoms with Gasteiger partial charge in [0.1, 0.15) is 5.82 Å². The van der Waals surface area contributed by atoms with Crippen molar-refractivity contribution in [2.24, 2.45) is 10.7 Å². The number of hydrogen-bond acceptors (Lipinski definition) is 4. The lowest BCUT2D eigenvalue weighted by Gasteiger charge is -2.11. The molecule has 22 heavy (non-hydrogen) atoms. The number of allylic oxidation sites excluding steroid dienone is 1. The third-order valence-electron chi connectivity index (χ3n) is 3.95. The van der Waals surface area contributed by atoms with E-state index in [1.54, 1.807) is 23.0 Å². The Kier molecular flexibility index (Phi) is 4.23. The monoisotopic (exact) mass is 295 g/mol. The fourth-order valence-corrected chi connectivity index (χ4v) is 2.80. The van der Waals surface area contributed by atoms with Crippen molar-refractivity contribution in [1.82, 2.24) is 14.9 Å². The normalized spacial score (nSPS) is 16.6. The van der Waals surface area contributed by atoms with Gasteiger partial charge in [-0.3, -0.25) is 0 Å². The van der Waals surface area contributed by atoms with Crippen molar-refractivity contribution >= 4 is 17.4 Å². The molecule has 114 valence electrons. The second-order valence-electron chi connectivity index (χ2n) is 5.56. The standard InChI is InChI=1S/C17H21N5/c1-13(21-14-6-2-3-7-14)19-10-9-16(18)15-12-20-22-11-5-4-8-17(15)22/h4-5,8-12,14,21H,1-3,6-7,18H2/b16-9-,19-10-. The smallest absolute Gasteiger partial charge is 0.118 e. The maximum absolute atomic E-state index is 6.12. The van der Waals surface area contributed by atoms with Crippen molar-refractivity contribution in [3.8, 4) is 0 Å². The van der Waals surface area contributed by atoms with Gasteiger partial charge in [0.05, 0.1) is 11.7 Å². The molecule has 0 atom stereocenters. The van der Waals surface area contributed by atoms with E-state index in [1.165, 1.54) is 25.7 Å². The highest BCUT2D eigenvalue weighted by Gasteiger charge is 2.14. The van der Waals surface area contributed by atoms with Crippen LogP contribution in [0.4, 0.5) is 0 Å². The molecule has 2 aromatic heterocycles. The number of pyridine rings is 1. The maximum Gasteiger partial charge on any atom is 0.118 e. The van der Waals surface area contributed by atoms with E-state index in [2.05, 4.69) is 22.0 Å². The number of rotatable bonds is 5. The number of nitrogens with one attached hydrogen (secondary N) is 1. The molecule has 0 bridgehead atoms. The molecule has 0 aromatic carbocycles. The van der Waals surface area contributed by atoms with Gasteiger partial charge in [-0.1, -0.05) is 25.5 Å². The van der Waals surface area contributed by atoms with E-state index in [-0.39, 0.29) is 0 Å². The molecule has 0 spiro atoms. The van der Waals surface area contributed by atoms with Gasteiger partial charge in [0.25, 0.3) is 0 Å². The van der Waals surface area contributed by atoms with Gasteiger partial charge < -0.3 is 11.1 Å². The molecule has 0 aliphatic heterocycles. The van der Waals surface area contributed by atoms with Crippen molar-refractivity contribution in [3.63, 3.8) is 0 Å². The van der Waals surface area contributed by atoms with Crippen molar-refractivity contribution in [2.45, 2.75) is 31.7 Å². The van der Waals surface area contributed by atoms with E-state index in [1.807, 2.05) is 24.4 Å². The van der Waals surface area contributed by atoms with Gasteiger partial charge in [0.15, 0.2) is 0 Å². The van der Waals surface area contributed by atoms with Gasteiger partial charge in [-0.15, -0.1) is 0 Å². The fourth-order valence-electron chi connectivity index (χ4n) is 2.80. The highest BCUT2D eigenvalue weighted by molar-refractivity contribution is 5.87. The van der Waals surface area contributed by atoms with E-state index < -0.39 is 0 Å². The third-order valence-corrected chi connectivity index (χ3v) is 3.95. The molecule has 2 aromatic rings. The molecule has 0 saturated heterocycles. The Balaban J connectivity index is 1.66. The van der Waals surface area contributed by atoms with Crippen molar-refractivity contribution < 1.29 is 0 Å². The Morgan fingerprint density at radius 3 is 3.05 bits per heavy atom. The van der Waals surface area contributed by atoms with Crippen molar-refractivity contribution in [1.29, 1.82) is 0 Å². The summed E-state index contributed by atoms with van der Waals surface area (Å²) < 4.78 is 1.80. The van der Waals surface area contributed by atoms with Crippen LogP contribution in [0, 0.1) is 0 Å². The zero-order valence-corrected chi connectivity index (χ0v) is 12.6. The lowest BCUT2D eigenvalue weighted by molar-refractivity contribution is 0.583. The van der Waals surface area contributed by atoms with Gasteiger partial charge in [0, 0.05) is 29.7 Å².